The highest BCUT2D eigenvalue weighted by Gasteiger charge is 2.13. The van der Waals surface area contributed by atoms with Crippen molar-refractivity contribution in [2.75, 3.05) is 5.32 Å². The van der Waals surface area contributed by atoms with Crippen molar-refractivity contribution in [2.45, 2.75) is 6.61 Å². The summed E-state index contributed by atoms with van der Waals surface area (Å²) >= 11 is 7.55. The van der Waals surface area contributed by atoms with E-state index in [1.165, 1.54) is 12.1 Å². The molecular weight excluding hydrogens is 396 g/mol. The van der Waals surface area contributed by atoms with Crippen molar-refractivity contribution in [1.82, 2.24) is 0 Å². The minimum Gasteiger partial charge on any atom is -0.444 e. The molecular formula is C14H10ClFINO2. The second-order valence-corrected chi connectivity index (χ2v) is 5.40. The molecule has 6 heteroatoms. The van der Waals surface area contributed by atoms with Crippen LogP contribution in [0.25, 0.3) is 0 Å². The number of nitrogens with one attached hydrogen (secondary N) is 1. The molecule has 0 saturated heterocycles. The third kappa shape index (κ3) is 3.83. The number of rotatable bonds is 3. The van der Waals surface area contributed by atoms with E-state index < -0.39 is 11.9 Å². The molecule has 0 bridgehead atoms. The maximum atomic E-state index is 13.8. The highest BCUT2D eigenvalue weighted by molar-refractivity contribution is 14.1. The van der Waals surface area contributed by atoms with Gasteiger partial charge in [0.25, 0.3) is 0 Å². The Hall–Kier alpha value is -1.34. The van der Waals surface area contributed by atoms with Crippen LogP contribution >= 0.6 is 34.2 Å². The molecule has 0 aliphatic rings. The normalized spacial score (nSPS) is 10.2. The van der Waals surface area contributed by atoms with Gasteiger partial charge in [0.1, 0.15) is 6.61 Å². The Morgan fingerprint density at radius 3 is 2.65 bits per heavy atom. The molecule has 104 valence electrons. The van der Waals surface area contributed by atoms with Gasteiger partial charge < -0.3 is 4.74 Å². The van der Waals surface area contributed by atoms with Gasteiger partial charge in [-0.1, -0.05) is 41.9 Å². The van der Waals surface area contributed by atoms with Gasteiger partial charge in [-0.25, -0.2) is 9.18 Å². The van der Waals surface area contributed by atoms with Crippen LogP contribution in [0.2, 0.25) is 5.02 Å². The van der Waals surface area contributed by atoms with Crippen molar-refractivity contribution in [3.05, 3.63) is 62.4 Å². The topological polar surface area (TPSA) is 38.3 Å². The Morgan fingerprint density at radius 1 is 1.25 bits per heavy atom. The van der Waals surface area contributed by atoms with Gasteiger partial charge in [-0.3, -0.25) is 5.32 Å². The molecule has 1 N–H and O–H groups in total. The summed E-state index contributed by atoms with van der Waals surface area (Å²) in [7, 11) is 0. The summed E-state index contributed by atoms with van der Waals surface area (Å²) in [5.74, 6) is -0.574. The molecule has 2 aromatic rings. The Kier molecular flexibility index (Phi) is 5.19. The molecule has 2 rings (SSSR count). The van der Waals surface area contributed by atoms with Crippen LogP contribution in [0.4, 0.5) is 14.9 Å². The third-order valence-electron chi connectivity index (χ3n) is 2.48. The van der Waals surface area contributed by atoms with Crippen LogP contribution in [0, 0.1) is 9.39 Å². The number of carbonyl (C=O) groups excluding carboxylic acids is 1. The van der Waals surface area contributed by atoms with E-state index in [9.17, 15) is 9.18 Å². The Labute approximate surface area is 134 Å². The quantitative estimate of drug-likeness (QED) is 0.587. The summed E-state index contributed by atoms with van der Waals surface area (Å²) in [6.07, 6.45) is -0.717. The summed E-state index contributed by atoms with van der Waals surface area (Å²) in [5.41, 5.74) is 0.894. The van der Waals surface area contributed by atoms with E-state index in [0.717, 1.165) is 5.56 Å². The molecule has 0 aliphatic carbocycles. The van der Waals surface area contributed by atoms with Crippen LogP contribution in [-0.2, 0) is 11.3 Å². The molecule has 2 aromatic carbocycles. The lowest BCUT2D eigenvalue weighted by Crippen LogP contribution is -2.14. The SMILES string of the molecule is O=C(Nc1ccc(Cl)c(I)c1F)OCc1ccccc1. The minimum atomic E-state index is -0.717. The average molecular weight is 406 g/mol. The fourth-order valence-corrected chi connectivity index (χ4v) is 2.11. The third-order valence-corrected chi connectivity index (χ3v) is 4.17. The standard InChI is InChI=1S/C14H10ClFINO2/c15-10-6-7-11(12(16)13(10)17)18-14(19)20-8-9-4-2-1-3-5-9/h1-7H,8H2,(H,18,19). The van der Waals surface area contributed by atoms with Crippen molar-refractivity contribution >= 4 is 46.0 Å². The van der Waals surface area contributed by atoms with E-state index >= 15 is 0 Å². The molecule has 1 amide bonds. The molecule has 20 heavy (non-hydrogen) atoms. The monoisotopic (exact) mass is 405 g/mol. The van der Waals surface area contributed by atoms with Crippen LogP contribution in [0.3, 0.4) is 0 Å². The number of amides is 1. The second-order valence-electron chi connectivity index (χ2n) is 3.91. The minimum absolute atomic E-state index is 0.0388. The predicted octanol–water partition coefficient (Wildman–Crippen LogP) is 4.83. The molecule has 0 fully saturated rings. The lowest BCUT2D eigenvalue weighted by atomic mass is 10.2. The number of ether oxygens (including phenoxy) is 1. The molecule has 0 unspecified atom stereocenters. The molecule has 0 aromatic heterocycles. The van der Waals surface area contributed by atoms with Crippen molar-refractivity contribution in [3.8, 4) is 0 Å². The zero-order valence-electron chi connectivity index (χ0n) is 10.2. The summed E-state index contributed by atoms with van der Waals surface area (Å²) in [4.78, 5) is 11.6. The number of benzene rings is 2. The second kappa shape index (κ2) is 6.90. The van der Waals surface area contributed by atoms with Crippen LogP contribution in [0.15, 0.2) is 42.5 Å². The smallest absolute Gasteiger partial charge is 0.412 e. The molecule has 0 heterocycles. The van der Waals surface area contributed by atoms with E-state index in [1.807, 2.05) is 30.3 Å². The van der Waals surface area contributed by atoms with Gasteiger partial charge in [0, 0.05) is 0 Å². The fraction of sp³-hybridized carbons (Fsp3) is 0.0714. The number of hydrogen-bond acceptors (Lipinski definition) is 2. The van der Waals surface area contributed by atoms with Gasteiger partial charge in [0.05, 0.1) is 14.3 Å². The van der Waals surface area contributed by atoms with Crippen LogP contribution in [0.5, 0.6) is 0 Å². The summed E-state index contributed by atoms with van der Waals surface area (Å²) in [5, 5.41) is 2.65. The van der Waals surface area contributed by atoms with Crippen molar-refractivity contribution in [3.63, 3.8) is 0 Å². The van der Waals surface area contributed by atoms with E-state index in [-0.39, 0.29) is 15.9 Å². The highest BCUT2D eigenvalue weighted by atomic mass is 127. The molecule has 0 atom stereocenters. The molecule has 0 radical (unpaired) electrons. The van der Waals surface area contributed by atoms with Crippen LogP contribution in [-0.4, -0.2) is 6.09 Å². The van der Waals surface area contributed by atoms with Crippen molar-refractivity contribution in [1.29, 1.82) is 0 Å². The van der Waals surface area contributed by atoms with E-state index in [2.05, 4.69) is 5.32 Å². The van der Waals surface area contributed by atoms with Crippen molar-refractivity contribution in [2.24, 2.45) is 0 Å². The molecule has 0 saturated carbocycles. The first kappa shape index (κ1) is 15.1. The lowest BCUT2D eigenvalue weighted by Gasteiger charge is -2.09. The Balaban J connectivity index is 1.97. The Bertz CT molecular complexity index is 622. The van der Waals surface area contributed by atoms with Gasteiger partial charge in [0.15, 0.2) is 5.82 Å². The first-order valence-corrected chi connectivity index (χ1v) is 7.15. The number of anilines is 1. The zero-order chi connectivity index (χ0) is 14.5. The first-order valence-electron chi connectivity index (χ1n) is 5.69. The number of hydrogen-bond donors (Lipinski definition) is 1. The van der Waals surface area contributed by atoms with Gasteiger partial charge in [-0.15, -0.1) is 0 Å². The van der Waals surface area contributed by atoms with E-state index in [0.29, 0.717) is 5.02 Å². The molecule has 0 spiro atoms. The first-order chi connectivity index (χ1) is 9.58. The maximum absolute atomic E-state index is 13.8. The Morgan fingerprint density at radius 2 is 1.95 bits per heavy atom. The highest BCUT2D eigenvalue weighted by Crippen LogP contribution is 2.26. The molecule has 3 nitrogen and oxygen atoms in total. The van der Waals surface area contributed by atoms with E-state index in [4.69, 9.17) is 16.3 Å². The largest absolute Gasteiger partial charge is 0.444 e. The summed E-state index contributed by atoms with van der Waals surface area (Å²) in [6.45, 7) is 0.124. The van der Waals surface area contributed by atoms with Crippen LogP contribution < -0.4 is 5.32 Å². The van der Waals surface area contributed by atoms with Crippen LogP contribution in [0.1, 0.15) is 5.56 Å². The summed E-state index contributed by atoms with van der Waals surface area (Å²) in [6, 6.07) is 12.1. The number of carbonyl (C=O) groups is 1. The fourth-order valence-electron chi connectivity index (χ4n) is 1.49. The van der Waals surface area contributed by atoms with Gasteiger partial charge >= 0.3 is 6.09 Å². The average Bonchev–Trinajstić information content (AvgIpc) is 2.47. The van der Waals surface area contributed by atoms with Gasteiger partial charge in [-0.05, 0) is 40.3 Å². The maximum Gasteiger partial charge on any atom is 0.412 e. The van der Waals surface area contributed by atoms with E-state index in [1.54, 1.807) is 22.6 Å². The molecule has 0 aliphatic heterocycles. The number of halogens is 3. The predicted molar refractivity (Wildman–Crippen MR) is 84.4 cm³/mol. The van der Waals surface area contributed by atoms with Gasteiger partial charge in [-0.2, -0.15) is 0 Å². The lowest BCUT2D eigenvalue weighted by molar-refractivity contribution is 0.155. The zero-order valence-corrected chi connectivity index (χ0v) is 13.1. The van der Waals surface area contributed by atoms with Gasteiger partial charge in [0.2, 0.25) is 0 Å². The van der Waals surface area contributed by atoms with Crippen molar-refractivity contribution < 1.29 is 13.9 Å². The summed E-state index contributed by atoms with van der Waals surface area (Å²) < 4.78 is 19.1.